The second-order valence-corrected chi connectivity index (χ2v) is 5.75. The van der Waals surface area contributed by atoms with Crippen LogP contribution in [0, 0.1) is 25.2 Å². The Balaban J connectivity index is 2.31. The van der Waals surface area contributed by atoms with Gasteiger partial charge in [0.1, 0.15) is 17.4 Å². The summed E-state index contributed by atoms with van der Waals surface area (Å²) in [5.74, 6) is -0.0641. The van der Waals surface area contributed by atoms with Crippen molar-refractivity contribution in [1.29, 1.82) is 5.26 Å². The molecule has 0 aliphatic rings. The maximum atomic E-state index is 12.4. The van der Waals surface area contributed by atoms with Crippen LogP contribution in [0.1, 0.15) is 16.7 Å². The topological polar surface area (TPSA) is 62.1 Å². The van der Waals surface area contributed by atoms with Crippen LogP contribution >= 0.6 is 11.6 Å². The van der Waals surface area contributed by atoms with E-state index in [9.17, 15) is 10.1 Å². The molecule has 0 spiro atoms. The number of hydrogen-bond donors (Lipinski definition) is 1. The Morgan fingerprint density at radius 1 is 1.29 bits per heavy atom. The van der Waals surface area contributed by atoms with Gasteiger partial charge in [-0.3, -0.25) is 4.79 Å². The number of carbonyl (C=O) groups excluding carboxylic acids is 1. The summed E-state index contributed by atoms with van der Waals surface area (Å²) in [6.45, 7) is 3.77. The van der Waals surface area contributed by atoms with Crippen LogP contribution in [0.5, 0.6) is 5.75 Å². The van der Waals surface area contributed by atoms with Gasteiger partial charge in [0.2, 0.25) is 0 Å². The van der Waals surface area contributed by atoms with E-state index in [0.29, 0.717) is 16.5 Å². The average Bonchev–Trinajstić information content (AvgIpc) is 2.55. The average molecular weight is 341 g/mol. The van der Waals surface area contributed by atoms with Crippen LogP contribution < -0.4 is 10.1 Å². The smallest absolute Gasteiger partial charge is 0.266 e. The van der Waals surface area contributed by atoms with Crippen LogP contribution in [-0.4, -0.2) is 13.0 Å². The molecule has 4 nitrogen and oxygen atoms in total. The van der Waals surface area contributed by atoms with Crippen LogP contribution in [0.2, 0.25) is 5.02 Å². The molecule has 0 heterocycles. The number of nitrogens with one attached hydrogen (secondary N) is 1. The van der Waals surface area contributed by atoms with Gasteiger partial charge in [-0.05, 0) is 37.1 Å². The molecule has 0 saturated carbocycles. The van der Waals surface area contributed by atoms with Crippen LogP contribution in [-0.2, 0) is 4.79 Å². The van der Waals surface area contributed by atoms with Gasteiger partial charge >= 0.3 is 0 Å². The Labute approximate surface area is 146 Å². The first kappa shape index (κ1) is 17.6. The van der Waals surface area contributed by atoms with Crippen molar-refractivity contribution in [1.82, 2.24) is 0 Å². The van der Waals surface area contributed by atoms with E-state index in [1.165, 1.54) is 7.11 Å². The fraction of sp³-hybridized carbons (Fsp3) is 0.158. The molecule has 1 amide bonds. The summed E-state index contributed by atoms with van der Waals surface area (Å²) < 4.78 is 5.23. The zero-order valence-electron chi connectivity index (χ0n) is 13.7. The van der Waals surface area contributed by atoms with Crippen molar-refractivity contribution in [3.05, 3.63) is 63.7 Å². The number of methoxy groups -OCH3 is 1. The molecule has 2 aromatic carbocycles. The van der Waals surface area contributed by atoms with E-state index in [0.717, 1.165) is 16.7 Å². The molecular formula is C19H17ClN2O2. The zero-order valence-corrected chi connectivity index (χ0v) is 14.4. The minimum Gasteiger partial charge on any atom is -0.495 e. The van der Waals surface area contributed by atoms with E-state index >= 15 is 0 Å². The van der Waals surface area contributed by atoms with E-state index in [4.69, 9.17) is 16.3 Å². The normalized spacial score (nSPS) is 10.9. The van der Waals surface area contributed by atoms with Gasteiger partial charge in [0.25, 0.3) is 5.91 Å². The lowest BCUT2D eigenvalue weighted by Crippen LogP contribution is -2.14. The molecule has 0 radical (unpaired) electrons. The molecule has 0 fully saturated rings. The van der Waals surface area contributed by atoms with E-state index < -0.39 is 5.91 Å². The molecule has 0 aromatic heterocycles. The number of halogens is 1. The lowest BCUT2D eigenvalue weighted by Gasteiger charge is -2.12. The highest BCUT2D eigenvalue weighted by molar-refractivity contribution is 6.31. The Hall–Kier alpha value is -2.77. The second kappa shape index (κ2) is 7.67. The van der Waals surface area contributed by atoms with Crippen molar-refractivity contribution in [2.75, 3.05) is 12.4 Å². The lowest BCUT2D eigenvalue weighted by atomic mass is 10.1. The Morgan fingerprint density at radius 3 is 2.67 bits per heavy atom. The predicted molar refractivity (Wildman–Crippen MR) is 96.1 cm³/mol. The summed E-state index contributed by atoms with van der Waals surface area (Å²) in [5, 5.41) is 12.5. The minimum atomic E-state index is -0.501. The van der Waals surface area contributed by atoms with Crippen molar-refractivity contribution in [2.45, 2.75) is 13.8 Å². The van der Waals surface area contributed by atoms with Crippen LogP contribution in [0.3, 0.4) is 0 Å². The van der Waals surface area contributed by atoms with Crippen molar-refractivity contribution in [3.63, 3.8) is 0 Å². The van der Waals surface area contributed by atoms with E-state index in [-0.39, 0.29) is 5.57 Å². The number of amides is 1. The number of hydrogen-bond acceptors (Lipinski definition) is 3. The Bertz CT molecular complexity index is 851. The molecule has 5 heteroatoms. The molecule has 122 valence electrons. The van der Waals surface area contributed by atoms with Crippen molar-refractivity contribution in [2.24, 2.45) is 0 Å². The van der Waals surface area contributed by atoms with Crippen molar-refractivity contribution in [3.8, 4) is 11.8 Å². The summed E-state index contributed by atoms with van der Waals surface area (Å²) in [6, 6.07) is 12.8. The van der Waals surface area contributed by atoms with Crippen LogP contribution in [0.15, 0.2) is 42.0 Å². The zero-order chi connectivity index (χ0) is 17.7. The first-order valence-electron chi connectivity index (χ1n) is 7.28. The monoisotopic (exact) mass is 340 g/mol. The quantitative estimate of drug-likeness (QED) is 0.658. The molecular weight excluding hydrogens is 324 g/mol. The van der Waals surface area contributed by atoms with Crippen LogP contribution in [0.25, 0.3) is 6.08 Å². The highest BCUT2D eigenvalue weighted by Crippen LogP contribution is 2.31. The van der Waals surface area contributed by atoms with Crippen molar-refractivity contribution >= 4 is 29.3 Å². The van der Waals surface area contributed by atoms with Gasteiger partial charge in [-0.15, -0.1) is 0 Å². The third-order valence-corrected chi connectivity index (χ3v) is 3.85. The number of ether oxygens (including phenoxy) is 1. The summed E-state index contributed by atoms with van der Waals surface area (Å²) in [5.41, 5.74) is 3.12. The Kier molecular flexibility index (Phi) is 5.62. The largest absolute Gasteiger partial charge is 0.495 e. The Morgan fingerprint density at radius 2 is 2.04 bits per heavy atom. The molecule has 24 heavy (non-hydrogen) atoms. The number of aryl methyl sites for hydroxylation is 2. The lowest BCUT2D eigenvalue weighted by molar-refractivity contribution is -0.112. The summed E-state index contributed by atoms with van der Waals surface area (Å²) >= 11 is 6.06. The van der Waals surface area contributed by atoms with Gasteiger partial charge in [0.05, 0.1) is 12.8 Å². The molecule has 0 unspecified atom stereocenters. The molecule has 1 N–H and O–H groups in total. The number of carbonyl (C=O) groups is 1. The third kappa shape index (κ3) is 4.15. The fourth-order valence-electron chi connectivity index (χ4n) is 2.19. The van der Waals surface area contributed by atoms with Crippen molar-refractivity contribution < 1.29 is 9.53 Å². The summed E-state index contributed by atoms with van der Waals surface area (Å²) in [6.07, 6.45) is 1.55. The third-order valence-electron chi connectivity index (χ3n) is 3.45. The van der Waals surface area contributed by atoms with E-state index in [2.05, 4.69) is 5.32 Å². The SMILES string of the molecule is COc1cc(Cl)c(C)cc1NC(=O)/C(C#N)=C/c1cccc(C)c1. The highest BCUT2D eigenvalue weighted by atomic mass is 35.5. The van der Waals surface area contributed by atoms with Gasteiger partial charge in [0.15, 0.2) is 0 Å². The van der Waals surface area contributed by atoms with Gasteiger partial charge in [-0.2, -0.15) is 5.26 Å². The molecule has 0 atom stereocenters. The maximum absolute atomic E-state index is 12.4. The molecule has 0 aliphatic carbocycles. The molecule has 2 rings (SSSR count). The van der Waals surface area contributed by atoms with Crippen LogP contribution in [0.4, 0.5) is 5.69 Å². The molecule has 2 aromatic rings. The minimum absolute atomic E-state index is 0.00950. The highest BCUT2D eigenvalue weighted by Gasteiger charge is 2.14. The number of nitrogens with zero attached hydrogens (tertiary/aromatic N) is 1. The first-order valence-corrected chi connectivity index (χ1v) is 7.66. The van der Waals surface area contributed by atoms with Gasteiger partial charge < -0.3 is 10.1 Å². The second-order valence-electron chi connectivity index (χ2n) is 5.34. The van der Waals surface area contributed by atoms with Gasteiger partial charge in [-0.25, -0.2) is 0 Å². The number of rotatable bonds is 4. The van der Waals surface area contributed by atoms with E-state index in [1.807, 2.05) is 44.2 Å². The standard InChI is InChI=1S/C19H17ClN2O2/c1-12-5-4-6-14(7-12)9-15(11-21)19(23)22-17-8-13(2)16(20)10-18(17)24-3/h4-10H,1-3H3,(H,22,23)/b15-9+. The number of anilines is 1. The molecule has 0 saturated heterocycles. The molecule has 0 aliphatic heterocycles. The van der Waals surface area contributed by atoms with Gasteiger partial charge in [0, 0.05) is 11.1 Å². The number of benzene rings is 2. The van der Waals surface area contributed by atoms with Gasteiger partial charge in [-0.1, -0.05) is 41.4 Å². The van der Waals surface area contributed by atoms with E-state index in [1.54, 1.807) is 18.2 Å². The summed E-state index contributed by atoms with van der Waals surface area (Å²) in [4.78, 5) is 12.4. The first-order chi connectivity index (χ1) is 11.4. The molecule has 0 bridgehead atoms. The summed E-state index contributed by atoms with van der Waals surface area (Å²) in [7, 11) is 1.49. The number of nitriles is 1. The predicted octanol–water partition coefficient (Wildman–Crippen LogP) is 4.51. The maximum Gasteiger partial charge on any atom is 0.266 e. The fourth-order valence-corrected chi connectivity index (χ4v) is 2.35.